The van der Waals surface area contributed by atoms with Gasteiger partial charge in [-0.2, -0.15) is 5.10 Å². The second-order valence-electron chi connectivity index (χ2n) is 6.32. The highest BCUT2D eigenvalue weighted by Crippen LogP contribution is 2.21. The highest BCUT2D eigenvalue weighted by atomic mass is 19.1. The lowest BCUT2D eigenvalue weighted by Gasteiger charge is -2.35. The van der Waals surface area contributed by atoms with Gasteiger partial charge < -0.3 is 9.80 Å². The Labute approximate surface area is 153 Å². The Morgan fingerprint density at radius 1 is 1.04 bits per heavy atom. The van der Waals surface area contributed by atoms with Crippen molar-refractivity contribution in [3.05, 3.63) is 70.0 Å². The Hall–Kier alpha value is -3.29. The van der Waals surface area contributed by atoms with Crippen LogP contribution in [0.4, 0.5) is 14.5 Å². The van der Waals surface area contributed by atoms with E-state index in [0.29, 0.717) is 42.8 Å². The number of hydrogen-bond donors (Lipinski definition) is 1. The van der Waals surface area contributed by atoms with Crippen LogP contribution in [0.5, 0.6) is 0 Å². The van der Waals surface area contributed by atoms with Gasteiger partial charge in [-0.3, -0.25) is 14.7 Å². The Bertz CT molecular complexity index is 1070. The zero-order chi connectivity index (χ0) is 19.0. The number of carbonyl (C=O) groups excluding carboxylic acids is 1. The molecule has 0 bridgehead atoms. The first kappa shape index (κ1) is 17.1. The minimum absolute atomic E-state index is 0.157. The maximum Gasteiger partial charge on any atom is 0.278 e. The number of H-pyrrole nitrogens is 1. The van der Waals surface area contributed by atoms with Gasteiger partial charge in [0.15, 0.2) is 5.69 Å². The number of nitrogens with one attached hydrogen (secondary N) is 1. The lowest BCUT2D eigenvalue weighted by molar-refractivity contribution is 0.0738. The number of fused-ring (bicyclic) bond motifs is 1. The van der Waals surface area contributed by atoms with Crippen molar-refractivity contribution < 1.29 is 13.6 Å². The maximum absolute atomic E-state index is 13.9. The van der Waals surface area contributed by atoms with Crippen molar-refractivity contribution in [3.8, 4) is 0 Å². The fourth-order valence-electron chi connectivity index (χ4n) is 3.26. The van der Waals surface area contributed by atoms with Crippen molar-refractivity contribution in [2.24, 2.45) is 0 Å². The van der Waals surface area contributed by atoms with Crippen LogP contribution < -0.4 is 10.3 Å². The predicted octanol–water partition coefficient (Wildman–Crippen LogP) is 2.16. The summed E-state index contributed by atoms with van der Waals surface area (Å²) >= 11 is 0. The van der Waals surface area contributed by atoms with Gasteiger partial charge in [0.25, 0.3) is 5.91 Å². The number of halogens is 2. The molecule has 1 amide bonds. The average molecular weight is 370 g/mol. The molecule has 27 heavy (non-hydrogen) atoms. The normalized spacial score (nSPS) is 14.6. The van der Waals surface area contributed by atoms with Crippen LogP contribution >= 0.6 is 0 Å². The number of hydrogen-bond acceptors (Lipinski definition) is 4. The Balaban J connectivity index is 1.52. The van der Waals surface area contributed by atoms with Crippen molar-refractivity contribution in [2.75, 3.05) is 31.1 Å². The van der Waals surface area contributed by atoms with E-state index < -0.39 is 23.0 Å². The number of anilines is 1. The molecule has 4 rings (SSSR count). The third-order valence-electron chi connectivity index (χ3n) is 4.69. The van der Waals surface area contributed by atoms with Crippen molar-refractivity contribution in [1.29, 1.82) is 0 Å². The first-order valence-corrected chi connectivity index (χ1v) is 8.51. The summed E-state index contributed by atoms with van der Waals surface area (Å²) in [6, 6.07) is 10.3. The summed E-state index contributed by atoms with van der Waals surface area (Å²) in [7, 11) is 0. The van der Waals surface area contributed by atoms with Crippen LogP contribution in [0.15, 0.2) is 47.3 Å². The van der Waals surface area contributed by atoms with Crippen LogP contribution in [0.2, 0.25) is 0 Å². The number of amides is 1. The zero-order valence-corrected chi connectivity index (χ0v) is 14.3. The number of aromatic nitrogens is 2. The van der Waals surface area contributed by atoms with Crippen LogP contribution in [0.3, 0.4) is 0 Å². The molecule has 2 heterocycles. The fourth-order valence-corrected chi connectivity index (χ4v) is 3.26. The molecule has 8 heteroatoms. The van der Waals surface area contributed by atoms with Gasteiger partial charge in [-0.15, -0.1) is 0 Å². The molecule has 1 aromatic heterocycles. The molecule has 2 aromatic carbocycles. The summed E-state index contributed by atoms with van der Waals surface area (Å²) in [6.45, 7) is 1.37. The van der Waals surface area contributed by atoms with Gasteiger partial charge in [0.05, 0.1) is 11.2 Å². The van der Waals surface area contributed by atoms with Crippen LogP contribution in [0, 0.1) is 11.6 Å². The number of piperazine rings is 1. The molecule has 0 saturated carbocycles. The molecule has 0 atom stereocenters. The summed E-state index contributed by atoms with van der Waals surface area (Å²) in [6.07, 6.45) is 0. The molecule has 0 unspecified atom stereocenters. The summed E-state index contributed by atoms with van der Waals surface area (Å²) in [5.74, 6) is -1.73. The largest absolute Gasteiger partial charge is 0.366 e. The second-order valence-corrected chi connectivity index (χ2v) is 6.32. The molecule has 1 fully saturated rings. The van der Waals surface area contributed by atoms with Gasteiger partial charge in [-0.1, -0.05) is 12.1 Å². The summed E-state index contributed by atoms with van der Waals surface area (Å²) in [4.78, 5) is 28.5. The molecule has 6 nitrogen and oxygen atoms in total. The molecule has 1 saturated heterocycles. The number of benzene rings is 2. The lowest BCUT2D eigenvalue weighted by atomic mass is 10.2. The van der Waals surface area contributed by atoms with Gasteiger partial charge in [0.1, 0.15) is 11.6 Å². The van der Waals surface area contributed by atoms with Crippen LogP contribution in [-0.4, -0.2) is 47.2 Å². The fraction of sp³-hybridized carbons (Fsp3) is 0.211. The maximum atomic E-state index is 13.9. The number of para-hydroxylation sites is 1. The smallest absolute Gasteiger partial charge is 0.278 e. The van der Waals surface area contributed by atoms with E-state index in [1.807, 2.05) is 0 Å². The molecular weight excluding hydrogens is 354 g/mol. The minimum Gasteiger partial charge on any atom is -0.366 e. The number of nitrogens with zero attached hydrogens (tertiary/aromatic N) is 3. The standard InChI is InChI=1S/C19H16F2N4O2/c20-12-5-6-16(14(21)11-12)24-7-9-25(10-8-24)19(27)17-18(26)13-3-1-2-4-15(13)22-23-17/h1-6,11H,7-10H2,(H,22,26). The van der Waals surface area contributed by atoms with Crippen molar-refractivity contribution in [3.63, 3.8) is 0 Å². The molecular formula is C19H16F2N4O2. The van der Waals surface area contributed by atoms with E-state index >= 15 is 0 Å². The highest BCUT2D eigenvalue weighted by Gasteiger charge is 2.26. The monoisotopic (exact) mass is 370 g/mol. The van der Waals surface area contributed by atoms with Gasteiger partial charge >= 0.3 is 0 Å². The van der Waals surface area contributed by atoms with E-state index in [1.54, 1.807) is 29.2 Å². The highest BCUT2D eigenvalue weighted by molar-refractivity contribution is 5.95. The first-order valence-electron chi connectivity index (χ1n) is 8.51. The third kappa shape index (κ3) is 3.14. The molecule has 138 valence electrons. The number of aromatic amines is 1. The topological polar surface area (TPSA) is 69.3 Å². The molecule has 0 aliphatic carbocycles. The summed E-state index contributed by atoms with van der Waals surface area (Å²) in [5.41, 5.74) is 0.289. The number of rotatable bonds is 2. The lowest BCUT2D eigenvalue weighted by Crippen LogP contribution is -2.50. The molecule has 3 aromatic rings. The molecule has 1 aliphatic rings. The van der Waals surface area contributed by atoms with Crippen molar-refractivity contribution >= 4 is 22.5 Å². The summed E-state index contributed by atoms with van der Waals surface area (Å²) in [5, 5.41) is 7.08. The minimum atomic E-state index is -0.637. The first-order chi connectivity index (χ1) is 13.0. The SMILES string of the molecule is O=C(c1n[nH]c2ccccc2c1=O)N1CCN(c2ccc(F)cc2F)CC1. The number of carbonyl (C=O) groups is 1. The van der Waals surface area contributed by atoms with E-state index in [2.05, 4.69) is 10.2 Å². The Morgan fingerprint density at radius 2 is 1.78 bits per heavy atom. The average Bonchev–Trinajstić information content (AvgIpc) is 2.68. The van der Waals surface area contributed by atoms with E-state index in [0.717, 1.165) is 6.07 Å². The second kappa shape index (κ2) is 6.79. The van der Waals surface area contributed by atoms with Gasteiger partial charge in [-0.25, -0.2) is 8.78 Å². The Morgan fingerprint density at radius 3 is 2.52 bits per heavy atom. The van der Waals surface area contributed by atoms with Crippen molar-refractivity contribution in [1.82, 2.24) is 15.1 Å². The van der Waals surface area contributed by atoms with E-state index in [4.69, 9.17) is 0 Å². The zero-order valence-electron chi connectivity index (χ0n) is 14.3. The molecule has 0 radical (unpaired) electrons. The third-order valence-corrected chi connectivity index (χ3v) is 4.69. The van der Waals surface area contributed by atoms with Crippen LogP contribution in [0.1, 0.15) is 10.5 Å². The van der Waals surface area contributed by atoms with Crippen LogP contribution in [-0.2, 0) is 0 Å². The van der Waals surface area contributed by atoms with E-state index in [1.165, 1.54) is 17.0 Å². The van der Waals surface area contributed by atoms with Crippen molar-refractivity contribution in [2.45, 2.75) is 0 Å². The quantitative estimate of drug-likeness (QED) is 0.751. The summed E-state index contributed by atoms with van der Waals surface area (Å²) < 4.78 is 27.0. The van der Waals surface area contributed by atoms with E-state index in [9.17, 15) is 18.4 Å². The van der Waals surface area contributed by atoms with Gasteiger partial charge in [-0.05, 0) is 24.3 Å². The van der Waals surface area contributed by atoms with Crippen LogP contribution in [0.25, 0.3) is 10.9 Å². The molecule has 1 aliphatic heterocycles. The molecule has 1 N–H and O–H groups in total. The van der Waals surface area contributed by atoms with Gasteiger partial charge in [0.2, 0.25) is 5.43 Å². The van der Waals surface area contributed by atoms with E-state index in [-0.39, 0.29) is 5.69 Å². The molecule has 0 spiro atoms. The predicted molar refractivity (Wildman–Crippen MR) is 96.8 cm³/mol. The Kier molecular flexibility index (Phi) is 4.31. The van der Waals surface area contributed by atoms with Gasteiger partial charge in [0, 0.05) is 37.6 Å².